The Labute approximate surface area is 95.4 Å². The lowest BCUT2D eigenvalue weighted by Gasteiger charge is -2.03. The first-order chi connectivity index (χ1) is 7.70. The molecule has 0 radical (unpaired) electrons. The molecule has 0 aromatic heterocycles. The molecule has 0 atom stereocenters. The van der Waals surface area contributed by atoms with Crippen molar-refractivity contribution in [3.05, 3.63) is 35.9 Å². The minimum atomic E-state index is -0.372. The normalized spacial score (nSPS) is 10.1. The summed E-state index contributed by atoms with van der Waals surface area (Å²) in [4.78, 5) is 21.6. The van der Waals surface area contributed by atoms with Crippen LogP contribution in [0.15, 0.2) is 30.3 Å². The summed E-state index contributed by atoms with van der Waals surface area (Å²) in [5.74, 6) is -0.689. The molecule has 0 aliphatic heterocycles. The lowest BCUT2D eigenvalue weighted by molar-refractivity contribution is -0.135. The average Bonchev–Trinajstić information content (AvgIpc) is 2.29. The second-order valence-corrected chi connectivity index (χ2v) is 3.62. The highest BCUT2D eigenvalue weighted by Gasteiger charge is 2.06. The molecule has 0 spiro atoms. The average molecular weight is 220 g/mol. The molecule has 0 amide bonds. The van der Waals surface area contributed by atoms with Gasteiger partial charge in [-0.3, -0.25) is 9.59 Å². The van der Waals surface area contributed by atoms with Crippen molar-refractivity contribution in [3.8, 4) is 0 Å². The number of benzene rings is 1. The fourth-order valence-electron chi connectivity index (χ4n) is 1.28. The zero-order valence-corrected chi connectivity index (χ0v) is 9.44. The quantitative estimate of drug-likeness (QED) is 0.522. The molecule has 3 heteroatoms. The van der Waals surface area contributed by atoms with Gasteiger partial charge in [0.1, 0.15) is 0 Å². The second kappa shape index (κ2) is 6.90. The summed E-state index contributed by atoms with van der Waals surface area (Å²) in [6, 6.07) is 9.84. The molecule has 16 heavy (non-hydrogen) atoms. The van der Waals surface area contributed by atoms with Crippen molar-refractivity contribution in [2.24, 2.45) is 0 Å². The standard InChI is InChI=1S/C13H16O3/c1-11(14)13(15)8-5-9-16-10-12-6-3-2-4-7-12/h2-4,6-7H,5,8-10H2,1H3. The molecular weight excluding hydrogens is 204 g/mol. The molecule has 0 saturated heterocycles. The molecular formula is C13H16O3. The number of hydrogen-bond acceptors (Lipinski definition) is 3. The monoisotopic (exact) mass is 220 g/mol. The lowest BCUT2D eigenvalue weighted by Crippen LogP contribution is -2.10. The molecule has 0 heterocycles. The highest BCUT2D eigenvalue weighted by molar-refractivity contribution is 6.36. The summed E-state index contributed by atoms with van der Waals surface area (Å²) in [7, 11) is 0. The van der Waals surface area contributed by atoms with E-state index in [9.17, 15) is 9.59 Å². The van der Waals surface area contributed by atoms with Gasteiger partial charge < -0.3 is 4.74 Å². The first-order valence-electron chi connectivity index (χ1n) is 5.35. The van der Waals surface area contributed by atoms with Crippen molar-refractivity contribution in [2.75, 3.05) is 6.61 Å². The van der Waals surface area contributed by atoms with Crippen molar-refractivity contribution in [1.82, 2.24) is 0 Å². The number of Topliss-reactive ketones (excluding diaryl/α,β-unsaturated/α-hetero) is 2. The molecule has 0 N–H and O–H groups in total. The van der Waals surface area contributed by atoms with Crippen LogP contribution in [0.4, 0.5) is 0 Å². The molecule has 0 fully saturated rings. The highest BCUT2D eigenvalue weighted by atomic mass is 16.5. The van der Waals surface area contributed by atoms with E-state index >= 15 is 0 Å². The SMILES string of the molecule is CC(=O)C(=O)CCCOCc1ccccc1. The number of carbonyl (C=O) groups excluding carboxylic acids is 2. The van der Waals surface area contributed by atoms with Gasteiger partial charge in [0.2, 0.25) is 0 Å². The fraction of sp³-hybridized carbons (Fsp3) is 0.385. The van der Waals surface area contributed by atoms with Gasteiger partial charge in [-0.25, -0.2) is 0 Å². The van der Waals surface area contributed by atoms with Crippen molar-refractivity contribution in [3.63, 3.8) is 0 Å². The number of ether oxygens (including phenoxy) is 1. The Balaban J connectivity index is 2.09. The predicted octanol–water partition coefficient (Wildman–Crippen LogP) is 2.14. The third kappa shape index (κ3) is 4.84. The van der Waals surface area contributed by atoms with E-state index in [0.717, 1.165) is 5.56 Å². The third-order valence-electron chi connectivity index (χ3n) is 2.20. The molecule has 0 aliphatic carbocycles. The molecule has 0 aliphatic rings. The van der Waals surface area contributed by atoms with Gasteiger partial charge in [0.05, 0.1) is 6.61 Å². The van der Waals surface area contributed by atoms with Gasteiger partial charge in [0.15, 0.2) is 11.6 Å². The van der Waals surface area contributed by atoms with Crippen LogP contribution in [-0.4, -0.2) is 18.2 Å². The minimum absolute atomic E-state index is 0.282. The molecule has 1 rings (SSSR count). The van der Waals surface area contributed by atoms with Crippen LogP contribution in [0, 0.1) is 0 Å². The van der Waals surface area contributed by atoms with E-state index in [1.807, 2.05) is 30.3 Å². The van der Waals surface area contributed by atoms with Crippen molar-refractivity contribution in [1.29, 1.82) is 0 Å². The summed E-state index contributed by atoms with van der Waals surface area (Å²) in [5.41, 5.74) is 1.11. The van der Waals surface area contributed by atoms with E-state index < -0.39 is 0 Å². The zero-order valence-electron chi connectivity index (χ0n) is 9.44. The minimum Gasteiger partial charge on any atom is -0.377 e. The Morgan fingerprint density at radius 1 is 1.19 bits per heavy atom. The number of rotatable bonds is 7. The first-order valence-corrected chi connectivity index (χ1v) is 5.35. The van der Waals surface area contributed by atoms with E-state index in [1.165, 1.54) is 6.92 Å². The van der Waals surface area contributed by atoms with Gasteiger partial charge in [-0.05, 0) is 12.0 Å². The van der Waals surface area contributed by atoms with Gasteiger partial charge in [0.25, 0.3) is 0 Å². The van der Waals surface area contributed by atoms with Crippen molar-refractivity contribution in [2.45, 2.75) is 26.4 Å². The fourth-order valence-corrected chi connectivity index (χ4v) is 1.28. The zero-order chi connectivity index (χ0) is 11.8. The van der Waals surface area contributed by atoms with E-state index in [-0.39, 0.29) is 18.0 Å². The number of carbonyl (C=O) groups is 2. The largest absolute Gasteiger partial charge is 0.377 e. The molecule has 3 nitrogen and oxygen atoms in total. The van der Waals surface area contributed by atoms with Crippen molar-refractivity contribution < 1.29 is 14.3 Å². The lowest BCUT2D eigenvalue weighted by atomic mass is 10.2. The Morgan fingerprint density at radius 2 is 1.88 bits per heavy atom. The van der Waals surface area contributed by atoms with Crippen LogP contribution in [0.3, 0.4) is 0 Å². The maximum atomic E-state index is 11.0. The van der Waals surface area contributed by atoms with Crippen LogP contribution < -0.4 is 0 Å². The topological polar surface area (TPSA) is 43.4 Å². The van der Waals surface area contributed by atoms with E-state index in [4.69, 9.17) is 4.74 Å². The number of hydrogen-bond donors (Lipinski definition) is 0. The molecule has 1 aromatic rings. The van der Waals surface area contributed by atoms with E-state index in [1.54, 1.807) is 0 Å². The Hall–Kier alpha value is -1.48. The van der Waals surface area contributed by atoms with Crippen LogP contribution in [0.5, 0.6) is 0 Å². The van der Waals surface area contributed by atoms with E-state index in [2.05, 4.69) is 0 Å². The van der Waals surface area contributed by atoms with E-state index in [0.29, 0.717) is 19.6 Å². The van der Waals surface area contributed by atoms with Gasteiger partial charge in [-0.1, -0.05) is 30.3 Å². The summed E-state index contributed by atoms with van der Waals surface area (Å²) in [6.45, 7) is 2.36. The summed E-state index contributed by atoms with van der Waals surface area (Å²) in [6.07, 6.45) is 0.884. The Kier molecular flexibility index (Phi) is 5.43. The van der Waals surface area contributed by atoms with Crippen LogP contribution in [0.25, 0.3) is 0 Å². The molecule has 1 aromatic carbocycles. The molecule has 86 valence electrons. The maximum Gasteiger partial charge on any atom is 0.198 e. The third-order valence-corrected chi connectivity index (χ3v) is 2.20. The molecule has 0 unspecified atom stereocenters. The summed E-state index contributed by atoms with van der Waals surface area (Å²) < 4.78 is 5.39. The second-order valence-electron chi connectivity index (χ2n) is 3.62. The van der Waals surface area contributed by atoms with Crippen molar-refractivity contribution >= 4 is 11.6 Å². The maximum absolute atomic E-state index is 11.0. The van der Waals surface area contributed by atoms with Crippen LogP contribution in [0.2, 0.25) is 0 Å². The molecule has 0 bridgehead atoms. The number of ketones is 2. The van der Waals surface area contributed by atoms with Crippen LogP contribution in [0.1, 0.15) is 25.3 Å². The highest BCUT2D eigenvalue weighted by Crippen LogP contribution is 2.01. The Bertz CT molecular complexity index is 343. The van der Waals surface area contributed by atoms with Gasteiger partial charge in [-0.2, -0.15) is 0 Å². The molecule has 0 saturated carbocycles. The van der Waals surface area contributed by atoms with Gasteiger partial charge in [-0.15, -0.1) is 0 Å². The first kappa shape index (κ1) is 12.6. The van der Waals surface area contributed by atoms with Crippen LogP contribution >= 0.6 is 0 Å². The summed E-state index contributed by atoms with van der Waals surface area (Å²) >= 11 is 0. The Morgan fingerprint density at radius 3 is 2.50 bits per heavy atom. The predicted molar refractivity (Wildman–Crippen MR) is 61.0 cm³/mol. The van der Waals surface area contributed by atoms with Gasteiger partial charge >= 0.3 is 0 Å². The smallest absolute Gasteiger partial charge is 0.198 e. The summed E-state index contributed by atoms with van der Waals surface area (Å²) in [5, 5.41) is 0. The van der Waals surface area contributed by atoms with Gasteiger partial charge in [0, 0.05) is 20.0 Å². The van der Waals surface area contributed by atoms with Crippen LogP contribution in [-0.2, 0) is 20.9 Å².